The summed E-state index contributed by atoms with van der Waals surface area (Å²) >= 11 is 3.43. The van der Waals surface area contributed by atoms with E-state index in [1.54, 1.807) is 6.20 Å². The van der Waals surface area contributed by atoms with E-state index in [1.165, 1.54) is 0 Å². The van der Waals surface area contributed by atoms with Crippen molar-refractivity contribution in [2.75, 3.05) is 23.4 Å². The number of hydrogen-bond donors (Lipinski definition) is 3. The van der Waals surface area contributed by atoms with Crippen molar-refractivity contribution >= 4 is 27.7 Å². The molecule has 0 saturated carbocycles. The van der Waals surface area contributed by atoms with Gasteiger partial charge in [0.2, 0.25) is 5.95 Å². The Labute approximate surface area is 108 Å². The molecule has 6 nitrogen and oxygen atoms in total. The van der Waals surface area contributed by atoms with Gasteiger partial charge in [-0.15, -0.1) is 0 Å². The van der Waals surface area contributed by atoms with E-state index in [0.29, 0.717) is 5.95 Å². The molecule has 1 aromatic rings. The minimum absolute atomic E-state index is 0.389. The molecule has 94 valence electrons. The Morgan fingerprint density at radius 1 is 1.53 bits per heavy atom. The van der Waals surface area contributed by atoms with E-state index in [4.69, 9.17) is 5.84 Å². The normalized spacial score (nSPS) is 19.2. The molecule has 1 aromatic heterocycles. The third-order valence-electron chi connectivity index (χ3n) is 2.99. The van der Waals surface area contributed by atoms with Crippen LogP contribution in [-0.4, -0.2) is 33.8 Å². The second kappa shape index (κ2) is 4.75. The first-order valence-corrected chi connectivity index (χ1v) is 6.28. The highest BCUT2D eigenvalue weighted by atomic mass is 79.9. The number of rotatable bonds is 2. The van der Waals surface area contributed by atoms with E-state index < -0.39 is 5.60 Å². The molecule has 17 heavy (non-hydrogen) atoms. The number of anilines is 2. The number of hydrogen-bond acceptors (Lipinski definition) is 6. The largest absolute Gasteiger partial charge is 0.390 e. The van der Waals surface area contributed by atoms with Crippen molar-refractivity contribution in [3.63, 3.8) is 0 Å². The van der Waals surface area contributed by atoms with Gasteiger partial charge in [-0.1, -0.05) is 0 Å². The van der Waals surface area contributed by atoms with Crippen molar-refractivity contribution in [2.24, 2.45) is 5.84 Å². The Bertz CT molecular complexity index is 402. The number of nitrogens with one attached hydrogen (secondary N) is 1. The van der Waals surface area contributed by atoms with Crippen LogP contribution >= 0.6 is 15.9 Å². The summed E-state index contributed by atoms with van der Waals surface area (Å²) in [6.07, 6.45) is 3.13. The Morgan fingerprint density at radius 3 is 2.76 bits per heavy atom. The van der Waals surface area contributed by atoms with Crippen LogP contribution in [0.5, 0.6) is 0 Å². The lowest BCUT2D eigenvalue weighted by Gasteiger charge is -2.36. The fraction of sp³-hybridized carbons (Fsp3) is 0.600. The number of nitrogens with two attached hydrogens (primary N) is 1. The number of nitrogens with zero attached hydrogens (tertiary/aromatic N) is 3. The summed E-state index contributed by atoms with van der Waals surface area (Å²) in [5, 5.41) is 9.91. The highest BCUT2D eigenvalue weighted by Gasteiger charge is 2.28. The molecule has 0 unspecified atom stereocenters. The molecule has 0 aliphatic carbocycles. The molecular formula is C10H16BrN5O. The molecule has 0 amide bonds. The molecule has 1 aliphatic rings. The van der Waals surface area contributed by atoms with Crippen LogP contribution in [0.3, 0.4) is 0 Å². The Hall–Kier alpha value is -0.920. The molecule has 0 bridgehead atoms. The third kappa shape index (κ3) is 2.85. The van der Waals surface area contributed by atoms with Gasteiger partial charge in [-0.3, -0.25) is 5.43 Å². The number of aromatic nitrogens is 2. The van der Waals surface area contributed by atoms with Gasteiger partial charge < -0.3 is 10.0 Å². The topological polar surface area (TPSA) is 87.3 Å². The van der Waals surface area contributed by atoms with E-state index in [9.17, 15) is 5.11 Å². The lowest BCUT2D eigenvalue weighted by molar-refractivity contribution is 0.0350. The van der Waals surface area contributed by atoms with Crippen LogP contribution in [0.25, 0.3) is 0 Å². The number of nitrogen functional groups attached to an aromatic ring is 1. The first-order chi connectivity index (χ1) is 8.02. The molecule has 7 heteroatoms. The van der Waals surface area contributed by atoms with E-state index in [-0.39, 0.29) is 0 Å². The Morgan fingerprint density at radius 2 is 2.18 bits per heavy atom. The second-order valence-electron chi connectivity index (χ2n) is 4.49. The first-order valence-electron chi connectivity index (χ1n) is 5.48. The van der Waals surface area contributed by atoms with Crippen LogP contribution in [0, 0.1) is 0 Å². The van der Waals surface area contributed by atoms with Gasteiger partial charge in [0.05, 0.1) is 10.1 Å². The van der Waals surface area contributed by atoms with Crippen LogP contribution in [-0.2, 0) is 0 Å². The van der Waals surface area contributed by atoms with Crippen molar-refractivity contribution in [2.45, 2.75) is 25.4 Å². The summed E-state index contributed by atoms with van der Waals surface area (Å²) in [5.41, 5.74) is 1.87. The maximum atomic E-state index is 9.91. The molecule has 4 N–H and O–H groups in total. The molecule has 1 aliphatic heterocycles. The summed E-state index contributed by atoms with van der Waals surface area (Å²) in [7, 11) is 0. The molecule has 0 spiro atoms. The Kier molecular flexibility index (Phi) is 3.50. The molecule has 1 fully saturated rings. The quantitative estimate of drug-likeness (QED) is 0.555. The molecule has 0 radical (unpaired) electrons. The summed E-state index contributed by atoms with van der Waals surface area (Å²) in [6, 6.07) is 0. The zero-order valence-electron chi connectivity index (χ0n) is 9.65. The standard InChI is InChI=1S/C10H16BrN5O/c1-10(17)2-4-16(5-3-10)8-7(11)6-13-9(14-8)15-12/h6,17H,2-5,12H2,1H3,(H,13,14,15). The maximum Gasteiger partial charge on any atom is 0.239 e. The highest BCUT2D eigenvalue weighted by molar-refractivity contribution is 9.10. The number of piperidine rings is 1. The van der Waals surface area contributed by atoms with E-state index in [2.05, 4.69) is 36.2 Å². The van der Waals surface area contributed by atoms with Crippen LogP contribution in [0.4, 0.5) is 11.8 Å². The average Bonchev–Trinajstić information content (AvgIpc) is 2.30. The zero-order chi connectivity index (χ0) is 12.5. The average molecular weight is 302 g/mol. The van der Waals surface area contributed by atoms with Gasteiger partial charge in [0.1, 0.15) is 5.82 Å². The van der Waals surface area contributed by atoms with Crippen LogP contribution in [0.1, 0.15) is 19.8 Å². The SMILES string of the molecule is CC1(O)CCN(c2nc(NN)ncc2Br)CC1. The summed E-state index contributed by atoms with van der Waals surface area (Å²) in [5.74, 6) is 6.49. The van der Waals surface area contributed by atoms with Gasteiger partial charge in [-0.05, 0) is 35.7 Å². The summed E-state index contributed by atoms with van der Waals surface area (Å²) in [4.78, 5) is 10.4. The predicted molar refractivity (Wildman–Crippen MR) is 69.6 cm³/mol. The van der Waals surface area contributed by atoms with Crippen LogP contribution < -0.4 is 16.2 Å². The first kappa shape index (κ1) is 12.5. The van der Waals surface area contributed by atoms with E-state index >= 15 is 0 Å². The zero-order valence-corrected chi connectivity index (χ0v) is 11.2. The lowest BCUT2D eigenvalue weighted by atomic mass is 9.94. The van der Waals surface area contributed by atoms with Crippen molar-refractivity contribution in [1.29, 1.82) is 0 Å². The molecule has 0 aromatic carbocycles. The maximum absolute atomic E-state index is 9.91. The van der Waals surface area contributed by atoms with Crippen LogP contribution in [0.2, 0.25) is 0 Å². The van der Waals surface area contributed by atoms with Crippen molar-refractivity contribution in [3.8, 4) is 0 Å². The van der Waals surface area contributed by atoms with Gasteiger partial charge in [-0.2, -0.15) is 4.98 Å². The highest BCUT2D eigenvalue weighted by Crippen LogP contribution is 2.29. The fourth-order valence-electron chi connectivity index (χ4n) is 1.85. The van der Waals surface area contributed by atoms with Gasteiger partial charge in [0, 0.05) is 19.3 Å². The molecule has 0 atom stereocenters. The lowest BCUT2D eigenvalue weighted by Crippen LogP contribution is -2.43. The molecular weight excluding hydrogens is 286 g/mol. The number of halogens is 1. The smallest absolute Gasteiger partial charge is 0.239 e. The fourth-order valence-corrected chi connectivity index (χ4v) is 2.29. The van der Waals surface area contributed by atoms with Crippen LogP contribution in [0.15, 0.2) is 10.7 Å². The van der Waals surface area contributed by atoms with E-state index in [0.717, 1.165) is 36.2 Å². The third-order valence-corrected chi connectivity index (χ3v) is 3.55. The minimum atomic E-state index is -0.565. The van der Waals surface area contributed by atoms with Gasteiger partial charge in [0.25, 0.3) is 0 Å². The molecule has 2 heterocycles. The monoisotopic (exact) mass is 301 g/mol. The van der Waals surface area contributed by atoms with Gasteiger partial charge in [0.15, 0.2) is 0 Å². The molecule has 2 rings (SSSR count). The summed E-state index contributed by atoms with van der Waals surface area (Å²) < 4.78 is 0.832. The minimum Gasteiger partial charge on any atom is -0.390 e. The van der Waals surface area contributed by atoms with Gasteiger partial charge in [-0.25, -0.2) is 10.8 Å². The van der Waals surface area contributed by atoms with Crippen molar-refractivity contribution in [1.82, 2.24) is 9.97 Å². The van der Waals surface area contributed by atoms with Gasteiger partial charge >= 0.3 is 0 Å². The Balaban J connectivity index is 2.17. The number of hydrazine groups is 1. The van der Waals surface area contributed by atoms with Crippen molar-refractivity contribution < 1.29 is 5.11 Å². The molecule has 1 saturated heterocycles. The van der Waals surface area contributed by atoms with E-state index in [1.807, 2.05) is 6.92 Å². The summed E-state index contributed by atoms with van der Waals surface area (Å²) in [6.45, 7) is 3.41. The number of aliphatic hydroxyl groups is 1. The predicted octanol–water partition coefficient (Wildman–Crippen LogP) is 0.876. The van der Waals surface area contributed by atoms with Crippen molar-refractivity contribution in [3.05, 3.63) is 10.7 Å². The second-order valence-corrected chi connectivity index (χ2v) is 5.35.